The van der Waals surface area contributed by atoms with Gasteiger partial charge in [0.25, 0.3) is 11.8 Å². The first-order chi connectivity index (χ1) is 14.7. The molecule has 9 nitrogen and oxygen atoms in total. The van der Waals surface area contributed by atoms with Crippen LogP contribution in [0, 0.1) is 5.92 Å². The van der Waals surface area contributed by atoms with Crippen molar-refractivity contribution in [3.8, 4) is 0 Å². The van der Waals surface area contributed by atoms with Crippen LogP contribution < -0.4 is 15.0 Å². The van der Waals surface area contributed by atoms with E-state index in [1.54, 1.807) is 13.8 Å². The highest BCUT2D eigenvalue weighted by molar-refractivity contribution is 7.95. The number of carbonyl (C=O) groups excluding carboxylic acids is 4. The van der Waals surface area contributed by atoms with Crippen LogP contribution in [0.25, 0.3) is 0 Å². The molecule has 1 aromatic rings. The van der Waals surface area contributed by atoms with E-state index in [1.807, 2.05) is 0 Å². The first-order valence-electron chi connectivity index (χ1n) is 10.7. The number of nitrogens with zero attached hydrogens (tertiary/aromatic N) is 2. The fraction of sp³-hybridized carbons (Fsp3) is 0.545. The van der Waals surface area contributed by atoms with Crippen LogP contribution in [0.3, 0.4) is 0 Å². The molecule has 10 heteroatoms. The van der Waals surface area contributed by atoms with Gasteiger partial charge in [-0.15, -0.1) is 0 Å². The molecule has 0 spiro atoms. The molecule has 4 aliphatic rings. The van der Waals surface area contributed by atoms with Crippen molar-refractivity contribution in [1.82, 2.24) is 25.0 Å². The smallest absolute Gasteiger partial charge is 0.276 e. The van der Waals surface area contributed by atoms with E-state index >= 15 is 0 Å². The van der Waals surface area contributed by atoms with Crippen LogP contribution in [-0.4, -0.2) is 55.6 Å². The van der Waals surface area contributed by atoms with Gasteiger partial charge < -0.3 is 0 Å². The Hall–Kier alpha value is -2.11. The second-order valence-corrected chi connectivity index (χ2v) is 11.0. The number of hydrazine groups is 2. The van der Waals surface area contributed by atoms with Crippen molar-refractivity contribution in [3.63, 3.8) is 0 Å². The maximum atomic E-state index is 13.0. The Morgan fingerprint density at radius 3 is 1.69 bits per heavy atom. The number of carbonyl (C=O) groups is 4. The molecular formula is C22H27N5O4S. The number of Topliss-reactive ketones (excluding diaryl/α,β-unsaturated/α-hetero) is 2. The lowest BCUT2D eigenvalue weighted by Crippen LogP contribution is -2.41. The summed E-state index contributed by atoms with van der Waals surface area (Å²) in [6.07, 6.45) is 0. The van der Waals surface area contributed by atoms with Gasteiger partial charge >= 0.3 is 0 Å². The van der Waals surface area contributed by atoms with E-state index in [4.69, 9.17) is 0 Å². The lowest BCUT2D eigenvalue weighted by atomic mass is 9.75. The molecule has 0 saturated carbocycles. The van der Waals surface area contributed by atoms with E-state index in [2.05, 4.69) is 54.6 Å². The third-order valence-corrected chi connectivity index (χ3v) is 9.02. The monoisotopic (exact) mass is 457 g/mol. The van der Waals surface area contributed by atoms with E-state index in [0.29, 0.717) is 5.92 Å². The summed E-state index contributed by atoms with van der Waals surface area (Å²) < 4.78 is 0. The Morgan fingerprint density at radius 2 is 1.28 bits per heavy atom. The molecule has 170 valence electrons. The average molecular weight is 458 g/mol. The maximum absolute atomic E-state index is 13.0. The second-order valence-electron chi connectivity index (χ2n) is 10.4. The van der Waals surface area contributed by atoms with Crippen LogP contribution in [0.1, 0.15) is 89.9 Å². The van der Waals surface area contributed by atoms with Gasteiger partial charge in [-0.2, -0.15) is 14.7 Å². The Bertz CT molecular complexity index is 1080. The number of nitrogens with one attached hydrogen (secondary N) is 3. The van der Waals surface area contributed by atoms with E-state index in [9.17, 15) is 19.2 Å². The normalized spacial score (nSPS) is 36.4. The summed E-state index contributed by atoms with van der Waals surface area (Å²) in [6, 6.07) is 2.78. The van der Waals surface area contributed by atoms with E-state index in [-0.39, 0.29) is 44.9 Å². The van der Waals surface area contributed by atoms with Crippen molar-refractivity contribution in [1.29, 1.82) is 0 Å². The van der Waals surface area contributed by atoms with Crippen molar-refractivity contribution in [2.24, 2.45) is 5.92 Å². The van der Waals surface area contributed by atoms with Crippen molar-refractivity contribution in [2.45, 2.75) is 70.6 Å². The SMILES string of the molecule is CC(C)C1(C)N(NSNN2C(=O)c3cc4c(cc3C2=O)C(=O)C2(C)NC2(C)C4=O)C1(C)C. The summed E-state index contributed by atoms with van der Waals surface area (Å²) in [6.45, 7) is 14.1. The van der Waals surface area contributed by atoms with Crippen LogP contribution >= 0.6 is 12.1 Å². The second kappa shape index (κ2) is 6.06. The summed E-state index contributed by atoms with van der Waals surface area (Å²) in [5.74, 6) is -1.19. The van der Waals surface area contributed by atoms with E-state index in [1.165, 1.54) is 12.1 Å². The molecule has 3 heterocycles. The van der Waals surface area contributed by atoms with Gasteiger partial charge in [0.05, 0.1) is 22.2 Å². The lowest BCUT2D eigenvalue weighted by molar-refractivity contribution is 0.0624. The molecule has 1 aliphatic carbocycles. The van der Waals surface area contributed by atoms with Crippen molar-refractivity contribution in [2.75, 3.05) is 0 Å². The molecule has 0 aromatic heterocycles. The first-order valence-corrected chi connectivity index (χ1v) is 11.5. The molecule has 2 amide bonds. The first kappa shape index (κ1) is 21.7. The number of hydrogen-bond donors (Lipinski definition) is 3. The Balaban J connectivity index is 1.36. The number of fused-ring (bicyclic) bond motifs is 3. The van der Waals surface area contributed by atoms with Crippen LogP contribution in [0.4, 0.5) is 0 Å². The zero-order valence-corrected chi connectivity index (χ0v) is 20.0. The number of imide groups is 1. The summed E-state index contributed by atoms with van der Waals surface area (Å²) >= 11 is 1.03. The number of benzene rings is 1. The number of amides is 2. The van der Waals surface area contributed by atoms with Gasteiger partial charge in [0.15, 0.2) is 11.6 Å². The topological polar surface area (TPSA) is 121 Å². The van der Waals surface area contributed by atoms with Crippen LogP contribution in [0.2, 0.25) is 0 Å². The Kier molecular flexibility index (Phi) is 4.11. The molecule has 2 saturated heterocycles. The van der Waals surface area contributed by atoms with Crippen molar-refractivity contribution >= 4 is 35.5 Å². The Labute approximate surface area is 190 Å². The van der Waals surface area contributed by atoms with Crippen LogP contribution in [0.5, 0.6) is 0 Å². The molecule has 3 N–H and O–H groups in total. The van der Waals surface area contributed by atoms with Gasteiger partial charge in [-0.1, -0.05) is 13.8 Å². The summed E-state index contributed by atoms with van der Waals surface area (Å²) in [5, 5.41) is 5.99. The minimum atomic E-state index is -0.969. The molecule has 1 aromatic carbocycles. The molecular weight excluding hydrogens is 430 g/mol. The van der Waals surface area contributed by atoms with Crippen LogP contribution in [-0.2, 0) is 0 Å². The number of hydrogen-bond acceptors (Lipinski definition) is 9. The summed E-state index contributed by atoms with van der Waals surface area (Å²) in [4.78, 5) is 57.8. The minimum Gasteiger partial charge on any atom is -0.292 e. The molecule has 32 heavy (non-hydrogen) atoms. The van der Waals surface area contributed by atoms with Crippen molar-refractivity contribution < 1.29 is 19.2 Å². The summed E-state index contributed by atoms with van der Waals surface area (Å²) in [7, 11) is 0. The number of ketones is 2. The van der Waals surface area contributed by atoms with Gasteiger partial charge in [0, 0.05) is 23.3 Å². The highest BCUT2D eigenvalue weighted by Gasteiger charge is 2.72. The molecule has 4 atom stereocenters. The van der Waals surface area contributed by atoms with Gasteiger partial charge in [0.1, 0.15) is 11.1 Å². The maximum Gasteiger partial charge on any atom is 0.276 e. The van der Waals surface area contributed by atoms with Gasteiger partial charge in [-0.3, -0.25) is 24.5 Å². The average Bonchev–Trinajstić information content (AvgIpc) is 3.43. The molecule has 5 rings (SSSR count). The third-order valence-electron chi connectivity index (χ3n) is 8.47. The van der Waals surface area contributed by atoms with Crippen molar-refractivity contribution in [3.05, 3.63) is 34.4 Å². The van der Waals surface area contributed by atoms with Gasteiger partial charge in [-0.25, -0.2) is 5.01 Å². The zero-order valence-electron chi connectivity index (χ0n) is 19.2. The molecule has 3 aliphatic heterocycles. The molecule has 4 unspecified atom stereocenters. The standard InChI is InChI=1S/C22H27N5O4S/c1-10(2)22(7)19(3,4)27(22)25-32-24-26-17(30)13-8-11-12(9-14(13)18(26)31)16(29)21(6)20(5,23-21)15(11)28/h8-10,23-25H,1-7H3. The number of rotatable bonds is 5. The predicted molar refractivity (Wildman–Crippen MR) is 119 cm³/mol. The zero-order chi connectivity index (χ0) is 23.6. The van der Waals surface area contributed by atoms with Gasteiger partial charge in [-0.05, 0) is 52.7 Å². The molecule has 2 fully saturated rings. The Morgan fingerprint density at radius 1 is 0.812 bits per heavy atom. The molecule has 0 bridgehead atoms. The fourth-order valence-corrected chi connectivity index (χ4v) is 6.19. The van der Waals surface area contributed by atoms with Crippen LogP contribution in [0.15, 0.2) is 12.1 Å². The van der Waals surface area contributed by atoms with E-state index < -0.39 is 22.9 Å². The van der Waals surface area contributed by atoms with E-state index in [0.717, 1.165) is 17.1 Å². The molecule has 0 radical (unpaired) electrons. The lowest BCUT2D eigenvalue weighted by Gasteiger charge is -2.22. The highest BCUT2D eigenvalue weighted by Crippen LogP contribution is 2.54. The highest BCUT2D eigenvalue weighted by atomic mass is 32.2. The van der Waals surface area contributed by atoms with Gasteiger partial charge in [0.2, 0.25) is 0 Å². The summed E-state index contributed by atoms with van der Waals surface area (Å²) in [5.41, 5.74) is -1.47. The fourth-order valence-electron chi connectivity index (χ4n) is 5.38. The quantitative estimate of drug-likeness (QED) is 0.346. The third kappa shape index (κ3) is 2.29. The largest absolute Gasteiger partial charge is 0.292 e. The minimum absolute atomic E-state index is 0.0649. The predicted octanol–water partition coefficient (Wildman–Crippen LogP) is 1.86.